The van der Waals surface area contributed by atoms with Gasteiger partial charge in [0.1, 0.15) is 5.60 Å². The Morgan fingerprint density at radius 2 is 2.00 bits per heavy atom. The van der Waals surface area contributed by atoms with Gasteiger partial charge in [-0.25, -0.2) is 0 Å². The van der Waals surface area contributed by atoms with E-state index in [4.69, 9.17) is 4.74 Å². The van der Waals surface area contributed by atoms with Crippen molar-refractivity contribution in [1.29, 1.82) is 0 Å². The molecule has 0 aromatic heterocycles. The van der Waals surface area contributed by atoms with Crippen molar-refractivity contribution < 1.29 is 9.53 Å². The average molecular weight is 168 g/mol. The van der Waals surface area contributed by atoms with Gasteiger partial charge in [0.25, 0.3) is 0 Å². The molecule has 2 aliphatic rings. The Kier molecular flexibility index (Phi) is 1.95. The zero-order valence-electron chi connectivity index (χ0n) is 7.64. The summed E-state index contributed by atoms with van der Waals surface area (Å²) in [6.45, 7) is 2.63. The zero-order valence-corrected chi connectivity index (χ0v) is 7.64. The maximum atomic E-state index is 11.8. The smallest absolute Gasteiger partial charge is 0.169 e. The Bertz CT molecular complexity index is 187. The van der Waals surface area contributed by atoms with Crippen LogP contribution in [0.3, 0.4) is 0 Å². The van der Waals surface area contributed by atoms with E-state index < -0.39 is 0 Å². The summed E-state index contributed by atoms with van der Waals surface area (Å²) in [5, 5.41) is 0. The monoisotopic (exact) mass is 168 g/mol. The van der Waals surface area contributed by atoms with Crippen LogP contribution in [-0.2, 0) is 9.53 Å². The van der Waals surface area contributed by atoms with Crippen molar-refractivity contribution >= 4 is 5.78 Å². The highest BCUT2D eigenvalue weighted by molar-refractivity contribution is 5.91. The predicted molar refractivity (Wildman–Crippen MR) is 45.9 cm³/mol. The predicted octanol–water partition coefficient (Wildman–Crippen LogP) is 1.92. The third kappa shape index (κ3) is 1.09. The first kappa shape index (κ1) is 8.24. The van der Waals surface area contributed by atoms with Crippen molar-refractivity contribution in [2.45, 2.75) is 44.6 Å². The molecule has 0 amide bonds. The highest BCUT2D eigenvalue weighted by Gasteiger charge is 2.47. The lowest BCUT2D eigenvalue weighted by molar-refractivity contribution is -0.135. The van der Waals surface area contributed by atoms with Gasteiger partial charge in [0.2, 0.25) is 0 Å². The standard InChI is InChI=1S/C10H16O2/c1-8-7-12-10(9(8)11)5-3-2-4-6-10/h8H,2-7H2,1H3. The number of carbonyl (C=O) groups excluding carboxylic acids is 1. The fourth-order valence-electron chi connectivity index (χ4n) is 2.39. The van der Waals surface area contributed by atoms with Gasteiger partial charge in [-0.15, -0.1) is 0 Å². The first-order chi connectivity index (χ1) is 5.75. The van der Waals surface area contributed by atoms with Gasteiger partial charge in [-0.3, -0.25) is 4.79 Å². The van der Waals surface area contributed by atoms with Gasteiger partial charge in [-0.05, 0) is 12.8 Å². The molecule has 1 unspecified atom stereocenters. The molecule has 1 aliphatic carbocycles. The van der Waals surface area contributed by atoms with Gasteiger partial charge in [-0.1, -0.05) is 26.2 Å². The van der Waals surface area contributed by atoms with Crippen LogP contribution in [0.25, 0.3) is 0 Å². The molecule has 0 aromatic carbocycles. The van der Waals surface area contributed by atoms with Crippen molar-refractivity contribution in [1.82, 2.24) is 0 Å². The van der Waals surface area contributed by atoms with E-state index in [1.165, 1.54) is 19.3 Å². The summed E-state index contributed by atoms with van der Waals surface area (Å²) in [5.41, 5.74) is -0.336. The van der Waals surface area contributed by atoms with Gasteiger partial charge >= 0.3 is 0 Å². The van der Waals surface area contributed by atoms with Crippen LogP contribution in [0.15, 0.2) is 0 Å². The number of ketones is 1. The summed E-state index contributed by atoms with van der Waals surface area (Å²) >= 11 is 0. The zero-order chi connectivity index (χ0) is 8.60. The summed E-state index contributed by atoms with van der Waals surface area (Å²) in [6, 6.07) is 0. The molecule has 1 aliphatic heterocycles. The largest absolute Gasteiger partial charge is 0.366 e. The lowest BCUT2D eigenvalue weighted by Gasteiger charge is -2.30. The van der Waals surface area contributed by atoms with Crippen LogP contribution in [0, 0.1) is 5.92 Å². The van der Waals surface area contributed by atoms with Gasteiger partial charge in [0.15, 0.2) is 5.78 Å². The molecule has 2 rings (SSSR count). The second-order valence-corrected chi connectivity index (χ2v) is 4.13. The van der Waals surface area contributed by atoms with Crippen LogP contribution in [0.4, 0.5) is 0 Å². The molecule has 0 bridgehead atoms. The van der Waals surface area contributed by atoms with Crippen LogP contribution < -0.4 is 0 Å². The third-order valence-electron chi connectivity index (χ3n) is 3.17. The summed E-state index contributed by atoms with van der Waals surface area (Å²) in [5.74, 6) is 0.505. The molecule has 1 spiro atoms. The van der Waals surface area contributed by atoms with Crippen molar-refractivity contribution in [3.8, 4) is 0 Å². The van der Waals surface area contributed by atoms with Gasteiger partial charge in [0, 0.05) is 5.92 Å². The summed E-state index contributed by atoms with van der Waals surface area (Å²) in [4.78, 5) is 11.8. The number of Topliss-reactive ketones (excluding diaryl/α,β-unsaturated/α-hetero) is 1. The minimum Gasteiger partial charge on any atom is -0.366 e. The molecule has 2 fully saturated rings. The summed E-state index contributed by atoms with van der Waals surface area (Å²) in [6.07, 6.45) is 5.54. The lowest BCUT2D eigenvalue weighted by Crippen LogP contribution is -2.39. The van der Waals surface area contributed by atoms with E-state index in [0.717, 1.165) is 12.8 Å². The van der Waals surface area contributed by atoms with Crippen LogP contribution in [-0.4, -0.2) is 18.0 Å². The minimum absolute atomic E-state index is 0.142. The van der Waals surface area contributed by atoms with Gasteiger partial charge in [-0.2, -0.15) is 0 Å². The molecular weight excluding hydrogens is 152 g/mol. The Morgan fingerprint density at radius 3 is 2.50 bits per heavy atom. The summed E-state index contributed by atoms with van der Waals surface area (Å²) in [7, 11) is 0. The molecule has 68 valence electrons. The van der Waals surface area contributed by atoms with Crippen molar-refractivity contribution in [2.24, 2.45) is 5.92 Å². The maximum Gasteiger partial charge on any atom is 0.169 e. The molecule has 0 aromatic rings. The third-order valence-corrected chi connectivity index (χ3v) is 3.17. The number of hydrogen-bond acceptors (Lipinski definition) is 2. The van der Waals surface area contributed by atoms with Gasteiger partial charge < -0.3 is 4.74 Å². The first-order valence-electron chi connectivity index (χ1n) is 4.93. The van der Waals surface area contributed by atoms with E-state index in [0.29, 0.717) is 12.4 Å². The van der Waals surface area contributed by atoms with E-state index in [-0.39, 0.29) is 11.5 Å². The molecule has 1 atom stereocenters. The molecule has 0 radical (unpaired) electrons. The normalized spacial score (nSPS) is 34.4. The number of hydrogen-bond donors (Lipinski definition) is 0. The van der Waals surface area contributed by atoms with E-state index >= 15 is 0 Å². The van der Waals surface area contributed by atoms with Crippen molar-refractivity contribution in [2.75, 3.05) is 6.61 Å². The number of carbonyl (C=O) groups is 1. The number of ether oxygens (including phenoxy) is 1. The van der Waals surface area contributed by atoms with E-state index in [9.17, 15) is 4.79 Å². The van der Waals surface area contributed by atoms with Crippen LogP contribution >= 0.6 is 0 Å². The quantitative estimate of drug-likeness (QED) is 0.552. The maximum absolute atomic E-state index is 11.8. The molecule has 1 saturated heterocycles. The van der Waals surface area contributed by atoms with E-state index in [1.807, 2.05) is 6.92 Å². The second-order valence-electron chi connectivity index (χ2n) is 4.13. The SMILES string of the molecule is CC1COC2(CCCCC2)C1=O. The Balaban J connectivity index is 2.14. The average Bonchev–Trinajstić information content (AvgIpc) is 2.37. The molecule has 12 heavy (non-hydrogen) atoms. The number of rotatable bonds is 0. The molecular formula is C10H16O2. The van der Waals surface area contributed by atoms with Crippen molar-refractivity contribution in [3.05, 3.63) is 0 Å². The first-order valence-corrected chi connectivity index (χ1v) is 4.93. The molecule has 2 nitrogen and oxygen atoms in total. The fourth-order valence-corrected chi connectivity index (χ4v) is 2.39. The molecule has 1 saturated carbocycles. The molecule has 0 N–H and O–H groups in total. The highest BCUT2D eigenvalue weighted by atomic mass is 16.5. The fraction of sp³-hybridized carbons (Fsp3) is 0.900. The Morgan fingerprint density at radius 1 is 1.33 bits per heavy atom. The summed E-state index contributed by atoms with van der Waals surface area (Å²) < 4.78 is 5.66. The van der Waals surface area contributed by atoms with Gasteiger partial charge in [0.05, 0.1) is 6.61 Å². The van der Waals surface area contributed by atoms with Crippen LogP contribution in [0.5, 0.6) is 0 Å². The van der Waals surface area contributed by atoms with Crippen LogP contribution in [0.2, 0.25) is 0 Å². The van der Waals surface area contributed by atoms with Crippen LogP contribution in [0.1, 0.15) is 39.0 Å². The topological polar surface area (TPSA) is 26.3 Å². The lowest BCUT2D eigenvalue weighted by atomic mass is 9.80. The van der Waals surface area contributed by atoms with Crippen molar-refractivity contribution in [3.63, 3.8) is 0 Å². The molecule has 2 heteroatoms. The second kappa shape index (κ2) is 2.84. The van der Waals surface area contributed by atoms with E-state index in [2.05, 4.69) is 0 Å². The van der Waals surface area contributed by atoms with E-state index in [1.54, 1.807) is 0 Å². The highest BCUT2D eigenvalue weighted by Crippen LogP contribution is 2.38. The molecule has 1 heterocycles. The minimum atomic E-state index is -0.336. The Hall–Kier alpha value is -0.370. The Labute approximate surface area is 73.3 Å².